The van der Waals surface area contributed by atoms with Crippen LogP contribution in [-0.2, 0) is 23.7 Å². The predicted octanol–water partition coefficient (Wildman–Crippen LogP) is 16.3. The number of aliphatic hydroxyl groups is 8. The Morgan fingerprint density at radius 1 is 0.404 bits per heavy atom. The summed E-state index contributed by atoms with van der Waals surface area (Å²) in [5.41, 5.74) is 0. The first-order chi connectivity index (χ1) is 43.6. The first-order valence-electron chi connectivity index (χ1n) is 38.1. The first-order valence-corrected chi connectivity index (χ1v) is 38.1. The van der Waals surface area contributed by atoms with Crippen molar-refractivity contribution in [2.45, 2.75) is 428 Å². The van der Waals surface area contributed by atoms with Gasteiger partial charge >= 0.3 is 0 Å². The van der Waals surface area contributed by atoms with Gasteiger partial charge in [0.15, 0.2) is 12.6 Å². The third-order valence-corrected chi connectivity index (χ3v) is 18.9. The Hall–Kier alpha value is -1.53. The molecule has 0 spiro atoms. The Kier molecular flexibility index (Phi) is 56.5. The van der Waals surface area contributed by atoms with Gasteiger partial charge in [-0.2, -0.15) is 0 Å². The fourth-order valence-electron chi connectivity index (χ4n) is 12.9. The lowest BCUT2D eigenvalue weighted by molar-refractivity contribution is -0.359. The number of hydrogen-bond acceptors (Lipinski definition) is 13. The number of amides is 1. The lowest BCUT2D eigenvalue weighted by Crippen LogP contribution is -2.65. The van der Waals surface area contributed by atoms with Crippen LogP contribution in [0.3, 0.4) is 0 Å². The number of ether oxygens (including phenoxy) is 4. The summed E-state index contributed by atoms with van der Waals surface area (Å²) in [6.45, 7) is 2.91. The van der Waals surface area contributed by atoms with E-state index in [1.54, 1.807) is 0 Å². The molecular weight excluding hydrogens is 1120 g/mol. The molecule has 0 aromatic heterocycles. The molecule has 2 saturated heterocycles. The molecule has 2 fully saturated rings. The summed E-state index contributed by atoms with van der Waals surface area (Å²) in [5.74, 6) is -0.203. The third kappa shape index (κ3) is 44.0. The highest BCUT2D eigenvalue weighted by molar-refractivity contribution is 5.76. The van der Waals surface area contributed by atoms with E-state index in [-0.39, 0.29) is 12.5 Å². The van der Waals surface area contributed by atoms with E-state index < -0.39 is 86.8 Å². The summed E-state index contributed by atoms with van der Waals surface area (Å²) in [7, 11) is 0. The molecule has 2 rings (SSSR count). The maximum atomic E-state index is 13.4. The van der Waals surface area contributed by atoms with Crippen molar-refractivity contribution in [1.29, 1.82) is 0 Å². The molecule has 89 heavy (non-hydrogen) atoms. The van der Waals surface area contributed by atoms with E-state index >= 15 is 0 Å². The standard InChI is InChI=1S/C75H143NO13/c1-3-5-7-9-11-13-15-17-19-21-23-25-27-28-29-30-31-32-33-34-35-37-38-40-42-44-46-48-50-52-54-56-58-64(79)63(62-86-74-72(85)70(83)73(66(61-78)88-74)89-75-71(84)69(82)68(81)65(60-77)87-75)76-67(80)59-57-55-53-51-49-47-45-43-41-39-36-26-24-22-20-18-16-14-12-10-8-6-4-2/h16,18,22,24,63-66,68-75,77-79,81-85H,3-15,17,19-21,23,25-62H2,1-2H3,(H,76,80)/b18-16-,24-22-. The van der Waals surface area contributed by atoms with Crippen molar-refractivity contribution in [2.75, 3.05) is 19.8 Å². The van der Waals surface area contributed by atoms with E-state index in [1.165, 1.54) is 270 Å². The second kappa shape index (κ2) is 60.2. The van der Waals surface area contributed by atoms with Gasteiger partial charge in [0.25, 0.3) is 0 Å². The second-order valence-electron chi connectivity index (χ2n) is 27.1. The van der Waals surface area contributed by atoms with Crippen LogP contribution in [0.15, 0.2) is 24.3 Å². The smallest absolute Gasteiger partial charge is 0.220 e. The van der Waals surface area contributed by atoms with Gasteiger partial charge in [0.2, 0.25) is 5.91 Å². The zero-order chi connectivity index (χ0) is 64.5. The molecule has 2 heterocycles. The van der Waals surface area contributed by atoms with Crippen molar-refractivity contribution in [1.82, 2.24) is 5.32 Å². The van der Waals surface area contributed by atoms with Crippen LogP contribution >= 0.6 is 0 Å². The molecule has 14 heteroatoms. The van der Waals surface area contributed by atoms with Crippen LogP contribution in [0, 0.1) is 0 Å². The maximum absolute atomic E-state index is 13.4. The molecule has 14 nitrogen and oxygen atoms in total. The van der Waals surface area contributed by atoms with Crippen LogP contribution in [0.2, 0.25) is 0 Å². The van der Waals surface area contributed by atoms with E-state index in [9.17, 15) is 45.6 Å². The predicted molar refractivity (Wildman–Crippen MR) is 365 cm³/mol. The van der Waals surface area contributed by atoms with Crippen LogP contribution in [0.25, 0.3) is 0 Å². The first kappa shape index (κ1) is 83.6. The molecule has 12 atom stereocenters. The fourth-order valence-corrected chi connectivity index (χ4v) is 12.9. The highest BCUT2D eigenvalue weighted by atomic mass is 16.7. The van der Waals surface area contributed by atoms with Gasteiger partial charge < -0.3 is 65.1 Å². The van der Waals surface area contributed by atoms with Gasteiger partial charge in [-0.3, -0.25) is 4.79 Å². The molecular formula is C75H143NO13. The van der Waals surface area contributed by atoms with Crippen molar-refractivity contribution in [2.24, 2.45) is 0 Å². The molecule has 2 aliphatic heterocycles. The topological polar surface area (TPSA) is 228 Å². The minimum Gasteiger partial charge on any atom is -0.394 e. The van der Waals surface area contributed by atoms with Crippen molar-refractivity contribution < 1.29 is 64.6 Å². The summed E-state index contributed by atoms with van der Waals surface area (Å²) in [4.78, 5) is 13.4. The Morgan fingerprint density at radius 3 is 1.12 bits per heavy atom. The van der Waals surface area contributed by atoms with Gasteiger partial charge in [-0.1, -0.05) is 327 Å². The Labute approximate surface area is 545 Å². The fraction of sp³-hybridized carbons (Fsp3) is 0.933. The Bertz CT molecular complexity index is 1590. The lowest BCUT2D eigenvalue weighted by Gasteiger charge is -2.46. The number of carbonyl (C=O) groups excluding carboxylic acids is 1. The van der Waals surface area contributed by atoms with Crippen LogP contribution < -0.4 is 5.32 Å². The molecule has 0 bridgehead atoms. The normalized spacial score (nSPS) is 23.1. The molecule has 1 amide bonds. The van der Waals surface area contributed by atoms with Crippen molar-refractivity contribution >= 4 is 5.91 Å². The maximum Gasteiger partial charge on any atom is 0.220 e. The highest BCUT2D eigenvalue weighted by Gasteiger charge is 2.51. The molecule has 0 aliphatic carbocycles. The van der Waals surface area contributed by atoms with Gasteiger partial charge in [-0.25, -0.2) is 0 Å². The SMILES string of the molecule is CCCCCCC/C=C\C/C=C\CCCCCCCCCCCCCC(=O)NC(COC1OC(CO)C(OC2OC(CO)C(O)C(O)C2O)C(O)C1O)C(O)CCCCCCCCCCCCCCCCCCCCCCCCCCCCCCCCCC. The average molecular weight is 1270 g/mol. The summed E-state index contributed by atoms with van der Waals surface area (Å²) in [6, 6.07) is -0.831. The number of unbranched alkanes of at least 4 members (excludes halogenated alkanes) is 47. The summed E-state index contributed by atoms with van der Waals surface area (Å²) in [6.07, 6.45) is 59.2. The number of nitrogens with one attached hydrogen (secondary N) is 1. The Balaban J connectivity index is 1.62. The Morgan fingerprint density at radius 2 is 0.742 bits per heavy atom. The van der Waals surface area contributed by atoms with Crippen molar-refractivity contribution in [3.8, 4) is 0 Å². The van der Waals surface area contributed by atoms with Gasteiger partial charge in [0, 0.05) is 6.42 Å². The minimum atomic E-state index is -1.78. The summed E-state index contributed by atoms with van der Waals surface area (Å²) < 4.78 is 23.0. The van der Waals surface area contributed by atoms with E-state index in [1.807, 2.05) is 0 Å². The van der Waals surface area contributed by atoms with Crippen molar-refractivity contribution in [3.05, 3.63) is 24.3 Å². The molecule has 0 saturated carbocycles. The van der Waals surface area contributed by atoms with Gasteiger partial charge in [-0.15, -0.1) is 0 Å². The summed E-state index contributed by atoms with van der Waals surface area (Å²) in [5, 5.41) is 87.7. The van der Waals surface area contributed by atoms with Crippen LogP contribution in [0.4, 0.5) is 0 Å². The molecule has 526 valence electrons. The van der Waals surface area contributed by atoms with Crippen LogP contribution in [0.5, 0.6) is 0 Å². The molecule has 2 aliphatic rings. The summed E-state index contributed by atoms with van der Waals surface area (Å²) >= 11 is 0. The van der Waals surface area contributed by atoms with Gasteiger partial charge in [0.1, 0.15) is 48.8 Å². The number of hydrogen-bond donors (Lipinski definition) is 9. The number of carbonyl (C=O) groups is 1. The van der Waals surface area contributed by atoms with E-state index in [0.29, 0.717) is 12.8 Å². The van der Waals surface area contributed by atoms with Crippen LogP contribution in [0.1, 0.15) is 354 Å². The lowest BCUT2D eigenvalue weighted by atomic mass is 9.97. The minimum absolute atomic E-state index is 0.203. The number of aliphatic hydroxyl groups excluding tert-OH is 8. The number of allylic oxidation sites excluding steroid dienone is 4. The highest BCUT2D eigenvalue weighted by Crippen LogP contribution is 2.30. The molecule has 0 radical (unpaired) electrons. The zero-order valence-electron chi connectivity index (χ0n) is 57.5. The van der Waals surface area contributed by atoms with Gasteiger partial charge in [0.05, 0.1) is 32.0 Å². The van der Waals surface area contributed by atoms with Crippen molar-refractivity contribution in [3.63, 3.8) is 0 Å². The quantitative estimate of drug-likeness (QED) is 0.0204. The van der Waals surface area contributed by atoms with E-state index in [2.05, 4.69) is 43.5 Å². The zero-order valence-corrected chi connectivity index (χ0v) is 57.5. The molecule has 0 aromatic carbocycles. The van der Waals surface area contributed by atoms with E-state index in [4.69, 9.17) is 18.9 Å². The third-order valence-electron chi connectivity index (χ3n) is 18.9. The molecule has 12 unspecified atom stereocenters. The largest absolute Gasteiger partial charge is 0.394 e. The molecule has 9 N–H and O–H groups in total. The molecule has 0 aromatic rings. The second-order valence-corrected chi connectivity index (χ2v) is 27.1. The monoisotopic (exact) mass is 1270 g/mol. The van der Waals surface area contributed by atoms with Gasteiger partial charge in [-0.05, 0) is 44.9 Å². The van der Waals surface area contributed by atoms with E-state index in [0.717, 1.165) is 57.8 Å². The average Bonchev–Trinajstić information content (AvgIpc) is 3.63. The van der Waals surface area contributed by atoms with Crippen LogP contribution in [-0.4, -0.2) is 140 Å². The number of rotatable bonds is 64.